The van der Waals surface area contributed by atoms with Gasteiger partial charge in [-0.25, -0.2) is 0 Å². The lowest BCUT2D eigenvalue weighted by molar-refractivity contribution is 0.410. The highest BCUT2D eigenvalue weighted by Crippen LogP contribution is 2.35. The molecule has 158 valence electrons. The molecule has 0 aliphatic carbocycles. The van der Waals surface area contributed by atoms with E-state index in [4.69, 9.17) is 4.98 Å². The number of aryl methyl sites for hydroxylation is 1. The maximum Gasteiger partial charge on any atom is 0.0704 e. The van der Waals surface area contributed by atoms with Crippen LogP contribution in [-0.2, 0) is 6.42 Å². The minimum absolute atomic E-state index is 0.254. The molecule has 0 unspecified atom stereocenters. The molecule has 0 fully saturated rings. The van der Waals surface area contributed by atoms with Crippen molar-refractivity contribution in [3.8, 4) is 22.4 Å². The fraction of sp³-hybridized carbons (Fsp3) is 0.194. The van der Waals surface area contributed by atoms with Gasteiger partial charge in [-0.1, -0.05) is 93.6 Å². The Hall–Kier alpha value is -3.45. The molecule has 0 N–H and O–H groups in total. The van der Waals surface area contributed by atoms with Crippen molar-refractivity contribution < 1.29 is 0 Å². The second-order valence-electron chi connectivity index (χ2n) is 10.0. The van der Waals surface area contributed by atoms with Crippen molar-refractivity contribution in [3.63, 3.8) is 0 Å². The summed E-state index contributed by atoms with van der Waals surface area (Å²) in [5.41, 5.74) is 7.62. The van der Waals surface area contributed by atoms with E-state index >= 15 is 0 Å². The molecule has 0 spiro atoms. The Labute approximate surface area is 190 Å². The van der Waals surface area contributed by atoms with E-state index in [9.17, 15) is 0 Å². The first kappa shape index (κ1) is 20.5. The lowest BCUT2D eigenvalue weighted by Gasteiger charge is -2.20. The first-order chi connectivity index (χ1) is 15.4. The summed E-state index contributed by atoms with van der Waals surface area (Å²) in [6.45, 7) is 9.02. The van der Waals surface area contributed by atoms with E-state index in [-0.39, 0.29) is 5.41 Å². The largest absolute Gasteiger partial charge is 0.256 e. The Morgan fingerprint density at radius 3 is 2.03 bits per heavy atom. The van der Waals surface area contributed by atoms with Gasteiger partial charge in [-0.05, 0) is 74.7 Å². The van der Waals surface area contributed by atoms with Crippen LogP contribution in [0.25, 0.3) is 43.9 Å². The summed E-state index contributed by atoms with van der Waals surface area (Å²) >= 11 is 0. The van der Waals surface area contributed by atoms with E-state index < -0.39 is 0 Å². The molecule has 0 saturated heterocycles. The molecule has 1 heteroatoms. The van der Waals surface area contributed by atoms with Crippen molar-refractivity contribution in [3.05, 3.63) is 102 Å². The van der Waals surface area contributed by atoms with Gasteiger partial charge in [-0.2, -0.15) is 0 Å². The van der Waals surface area contributed by atoms with Crippen LogP contribution in [-0.4, -0.2) is 4.98 Å². The van der Waals surface area contributed by atoms with E-state index in [1.54, 1.807) is 0 Å². The van der Waals surface area contributed by atoms with Crippen LogP contribution in [0.4, 0.5) is 0 Å². The van der Waals surface area contributed by atoms with Crippen molar-refractivity contribution >= 4 is 21.5 Å². The summed E-state index contributed by atoms with van der Waals surface area (Å²) in [5, 5.41) is 5.17. The zero-order chi connectivity index (χ0) is 22.3. The highest BCUT2D eigenvalue weighted by molar-refractivity contribution is 6.13. The third kappa shape index (κ3) is 3.91. The SMILES string of the molecule is Cc1cnc(-c2ccc(-c3cc4ccccc4c4ccccc34)cc2)cc1CC(C)(C)C. The van der Waals surface area contributed by atoms with Crippen LogP contribution >= 0.6 is 0 Å². The summed E-state index contributed by atoms with van der Waals surface area (Å²) in [5.74, 6) is 0. The lowest BCUT2D eigenvalue weighted by atomic mass is 9.86. The van der Waals surface area contributed by atoms with Crippen LogP contribution in [0.5, 0.6) is 0 Å². The van der Waals surface area contributed by atoms with Crippen molar-refractivity contribution in [2.24, 2.45) is 5.41 Å². The molecule has 0 radical (unpaired) electrons. The van der Waals surface area contributed by atoms with Crippen molar-refractivity contribution in [1.29, 1.82) is 0 Å². The Morgan fingerprint density at radius 2 is 1.31 bits per heavy atom. The molecular formula is C31H29N. The van der Waals surface area contributed by atoms with Gasteiger partial charge in [0, 0.05) is 11.8 Å². The Balaban J connectivity index is 1.57. The van der Waals surface area contributed by atoms with Crippen LogP contribution in [0, 0.1) is 12.3 Å². The fourth-order valence-electron chi connectivity index (χ4n) is 4.60. The Kier molecular flexibility index (Phi) is 5.06. The predicted octanol–water partition coefficient (Wildman–Crippen LogP) is 8.62. The predicted molar refractivity (Wildman–Crippen MR) is 138 cm³/mol. The van der Waals surface area contributed by atoms with E-state index in [0.29, 0.717) is 0 Å². The Bertz CT molecular complexity index is 1420. The minimum Gasteiger partial charge on any atom is -0.256 e. The third-order valence-corrected chi connectivity index (χ3v) is 6.20. The molecule has 1 nitrogen and oxygen atoms in total. The molecule has 1 aromatic heterocycles. The first-order valence-electron chi connectivity index (χ1n) is 11.4. The zero-order valence-corrected chi connectivity index (χ0v) is 19.3. The molecule has 0 aliphatic heterocycles. The van der Waals surface area contributed by atoms with E-state index in [2.05, 4.69) is 113 Å². The number of hydrogen-bond donors (Lipinski definition) is 0. The van der Waals surface area contributed by atoms with Gasteiger partial charge in [-0.3, -0.25) is 4.98 Å². The molecule has 32 heavy (non-hydrogen) atoms. The van der Waals surface area contributed by atoms with E-state index in [1.807, 2.05) is 6.20 Å². The molecule has 0 amide bonds. The normalized spacial score (nSPS) is 11.9. The van der Waals surface area contributed by atoms with Crippen LogP contribution in [0.2, 0.25) is 0 Å². The van der Waals surface area contributed by atoms with Crippen molar-refractivity contribution in [2.75, 3.05) is 0 Å². The summed E-state index contributed by atoms with van der Waals surface area (Å²) in [4.78, 5) is 4.73. The number of fused-ring (bicyclic) bond motifs is 3. The molecule has 5 rings (SSSR count). The molecule has 5 aromatic rings. The highest BCUT2D eigenvalue weighted by Gasteiger charge is 2.14. The topological polar surface area (TPSA) is 12.9 Å². The summed E-state index contributed by atoms with van der Waals surface area (Å²) in [6.07, 6.45) is 3.07. The average molecular weight is 416 g/mol. The standard InChI is InChI=1S/C31H29N/c1-21-20-32-30(18-25(21)19-31(2,3)4)23-15-13-22(14-16-23)29-17-24-9-5-6-10-26(24)27-11-7-8-12-28(27)29/h5-18,20H,19H2,1-4H3. The van der Waals surface area contributed by atoms with Crippen molar-refractivity contribution in [1.82, 2.24) is 4.98 Å². The maximum atomic E-state index is 4.73. The van der Waals surface area contributed by atoms with Gasteiger partial charge < -0.3 is 0 Å². The number of nitrogens with zero attached hydrogens (tertiary/aromatic N) is 1. The third-order valence-electron chi connectivity index (χ3n) is 6.20. The summed E-state index contributed by atoms with van der Waals surface area (Å²) < 4.78 is 0. The van der Waals surface area contributed by atoms with E-state index in [0.717, 1.165) is 17.7 Å². The highest BCUT2D eigenvalue weighted by atomic mass is 14.7. The van der Waals surface area contributed by atoms with Gasteiger partial charge in [0.05, 0.1) is 5.69 Å². The van der Waals surface area contributed by atoms with Crippen LogP contribution in [0.1, 0.15) is 31.9 Å². The minimum atomic E-state index is 0.254. The van der Waals surface area contributed by atoms with Crippen LogP contribution in [0.15, 0.2) is 91.1 Å². The van der Waals surface area contributed by atoms with Gasteiger partial charge in [0.25, 0.3) is 0 Å². The van der Waals surface area contributed by atoms with E-state index in [1.165, 1.54) is 43.8 Å². The zero-order valence-electron chi connectivity index (χ0n) is 19.3. The number of aromatic nitrogens is 1. The second-order valence-corrected chi connectivity index (χ2v) is 10.0. The fourth-order valence-corrected chi connectivity index (χ4v) is 4.60. The molecule has 4 aromatic carbocycles. The molecule has 0 atom stereocenters. The molecule has 0 bridgehead atoms. The number of rotatable bonds is 3. The molecule has 0 aliphatic rings. The monoisotopic (exact) mass is 415 g/mol. The second kappa shape index (κ2) is 7.91. The van der Waals surface area contributed by atoms with Gasteiger partial charge >= 0.3 is 0 Å². The summed E-state index contributed by atoms with van der Waals surface area (Å²) in [7, 11) is 0. The quantitative estimate of drug-likeness (QED) is 0.269. The number of benzene rings is 4. The molecule has 1 heterocycles. The Morgan fingerprint density at radius 1 is 0.688 bits per heavy atom. The number of hydrogen-bond acceptors (Lipinski definition) is 1. The number of pyridine rings is 1. The van der Waals surface area contributed by atoms with Gasteiger partial charge in [0.15, 0.2) is 0 Å². The van der Waals surface area contributed by atoms with Gasteiger partial charge in [0.1, 0.15) is 0 Å². The van der Waals surface area contributed by atoms with Crippen molar-refractivity contribution in [2.45, 2.75) is 34.1 Å². The van der Waals surface area contributed by atoms with Gasteiger partial charge in [0.2, 0.25) is 0 Å². The summed E-state index contributed by atoms with van der Waals surface area (Å²) in [6, 6.07) is 30.8. The average Bonchev–Trinajstić information content (AvgIpc) is 2.79. The van der Waals surface area contributed by atoms with Gasteiger partial charge in [-0.15, -0.1) is 0 Å². The molecule has 0 saturated carbocycles. The van der Waals surface area contributed by atoms with Crippen LogP contribution < -0.4 is 0 Å². The smallest absolute Gasteiger partial charge is 0.0704 e. The lowest BCUT2D eigenvalue weighted by Crippen LogP contribution is -2.10. The maximum absolute atomic E-state index is 4.73. The molecular weight excluding hydrogens is 386 g/mol. The first-order valence-corrected chi connectivity index (χ1v) is 11.4. The van der Waals surface area contributed by atoms with Crippen LogP contribution in [0.3, 0.4) is 0 Å².